The monoisotopic (exact) mass is 440 g/mol. The number of rotatable bonds is 8. The van der Waals surface area contributed by atoms with Crippen LogP contribution in [0.5, 0.6) is 11.5 Å². The maximum Gasteiger partial charge on any atom is 0.325 e. The van der Waals surface area contributed by atoms with E-state index in [4.69, 9.17) is 32.7 Å². The lowest BCUT2D eigenvalue weighted by Gasteiger charge is -2.23. The number of ketones is 1. The van der Waals surface area contributed by atoms with Crippen molar-refractivity contribution in [1.29, 1.82) is 0 Å². The average Bonchev–Trinajstić information content (AvgIpc) is 3.18. The maximum atomic E-state index is 12.8. The maximum absolute atomic E-state index is 12.8. The van der Waals surface area contributed by atoms with Crippen LogP contribution >= 0.6 is 23.2 Å². The summed E-state index contributed by atoms with van der Waals surface area (Å²) < 4.78 is 11.2. The highest BCUT2D eigenvalue weighted by Gasteiger charge is 2.31. The Balaban J connectivity index is 1.83. The molecule has 2 aliphatic rings. The minimum atomic E-state index is -0.572. The number of carbonyl (C=O) groups is 1. The van der Waals surface area contributed by atoms with E-state index in [1.165, 1.54) is 13.2 Å². The van der Waals surface area contributed by atoms with E-state index in [1.807, 2.05) is 0 Å². The molecule has 29 heavy (non-hydrogen) atoms. The van der Waals surface area contributed by atoms with Crippen LogP contribution in [-0.2, 0) is 0 Å². The predicted octanol–water partition coefficient (Wildman–Crippen LogP) is 5.02. The predicted molar refractivity (Wildman–Crippen MR) is 111 cm³/mol. The van der Waals surface area contributed by atoms with E-state index in [-0.39, 0.29) is 41.1 Å². The fourth-order valence-corrected chi connectivity index (χ4v) is 4.17. The van der Waals surface area contributed by atoms with Crippen molar-refractivity contribution in [2.24, 2.45) is 0 Å². The SMILES string of the molecule is COc1ccc(C(=O)CCN2C=C(Cl)C=C(Cl)C2)c([N+](=O)[O-])c1OC1CCCC1. The van der Waals surface area contributed by atoms with Gasteiger partial charge in [0.25, 0.3) is 0 Å². The summed E-state index contributed by atoms with van der Waals surface area (Å²) in [6.45, 7) is 0.771. The van der Waals surface area contributed by atoms with Crippen LogP contribution in [0.1, 0.15) is 42.5 Å². The Morgan fingerprint density at radius 3 is 2.66 bits per heavy atom. The number of ether oxygens (including phenoxy) is 2. The molecule has 156 valence electrons. The number of Topliss-reactive ketones (excluding diaryl/α,β-unsaturated/α-hetero) is 1. The first kappa shape index (κ1) is 21.5. The number of benzene rings is 1. The van der Waals surface area contributed by atoms with Gasteiger partial charge in [0.1, 0.15) is 0 Å². The van der Waals surface area contributed by atoms with E-state index in [9.17, 15) is 14.9 Å². The number of hydrogen-bond acceptors (Lipinski definition) is 6. The van der Waals surface area contributed by atoms with Crippen molar-refractivity contribution in [3.8, 4) is 11.5 Å². The molecule has 0 bridgehead atoms. The first-order valence-corrected chi connectivity index (χ1v) is 10.2. The molecule has 3 rings (SSSR count). The topological polar surface area (TPSA) is 81.9 Å². The van der Waals surface area contributed by atoms with Gasteiger partial charge in [0.05, 0.1) is 35.3 Å². The van der Waals surface area contributed by atoms with Crippen LogP contribution in [0, 0.1) is 10.1 Å². The molecule has 0 saturated heterocycles. The van der Waals surface area contributed by atoms with Gasteiger partial charge < -0.3 is 14.4 Å². The Hall–Kier alpha value is -2.25. The molecule has 1 aromatic carbocycles. The third-order valence-electron chi connectivity index (χ3n) is 4.97. The molecule has 1 saturated carbocycles. The lowest BCUT2D eigenvalue weighted by Crippen LogP contribution is -2.25. The summed E-state index contributed by atoms with van der Waals surface area (Å²) in [6, 6.07) is 2.97. The Morgan fingerprint density at radius 2 is 2.03 bits per heavy atom. The quantitative estimate of drug-likeness (QED) is 0.320. The smallest absolute Gasteiger partial charge is 0.325 e. The van der Waals surface area contributed by atoms with Crippen molar-refractivity contribution in [3.05, 3.63) is 50.2 Å². The zero-order valence-corrected chi connectivity index (χ0v) is 17.5. The number of allylic oxidation sites excluding steroid dienone is 2. The Bertz CT molecular complexity index is 863. The molecule has 0 unspecified atom stereocenters. The summed E-state index contributed by atoms with van der Waals surface area (Å²) >= 11 is 12.0. The van der Waals surface area contributed by atoms with Gasteiger partial charge in [-0.25, -0.2) is 0 Å². The molecule has 0 amide bonds. The molecule has 0 radical (unpaired) electrons. The van der Waals surface area contributed by atoms with E-state index in [0.29, 0.717) is 23.2 Å². The molecular formula is C20H22Cl2N2O5. The van der Waals surface area contributed by atoms with Crippen molar-refractivity contribution in [1.82, 2.24) is 4.90 Å². The molecular weight excluding hydrogens is 419 g/mol. The lowest BCUT2D eigenvalue weighted by molar-refractivity contribution is -0.386. The van der Waals surface area contributed by atoms with Crippen LogP contribution in [0.3, 0.4) is 0 Å². The number of methoxy groups -OCH3 is 1. The molecule has 7 nitrogen and oxygen atoms in total. The van der Waals surface area contributed by atoms with E-state index < -0.39 is 4.92 Å². The van der Waals surface area contributed by atoms with Gasteiger partial charge in [0, 0.05) is 24.2 Å². The van der Waals surface area contributed by atoms with Crippen molar-refractivity contribution < 1.29 is 19.2 Å². The first-order valence-electron chi connectivity index (χ1n) is 9.41. The second-order valence-corrected chi connectivity index (χ2v) is 7.95. The average molecular weight is 441 g/mol. The molecule has 0 aromatic heterocycles. The fraction of sp³-hybridized carbons (Fsp3) is 0.450. The van der Waals surface area contributed by atoms with E-state index >= 15 is 0 Å². The van der Waals surface area contributed by atoms with Gasteiger partial charge in [-0.15, -0.1) is 0 Å². The number of hydrogen-bond donors (Lipinski definition) is 0. The van der Waals surface area contributed by atoms with E-state index in [1.54, 1.807) is 23.2 Å². The molecule has 1 aliphatic heterocycles. The molecule has 0 spiro atoms. The minimum absolute atomic E-state index is 0.0116. The summed E-state index contributed by atoms with van der Waals surface area (Å²) in [5.41, 5.74) is -0.330. The summed E-state index contributed by atoms with van der Waals surface area (Å²) in [4.78, 5) is 25.9. The van der Waals surface area contributed by atoms with Gasteiger partial charge in [0.15, 0.2) is 11.5 Å². The second kappa shape index (κ2) is 9.50. The van der Waals surface area contributed by atoms with Gasteiger partial charge in [-0.3, -0.25) is 14.9 Å². The minimum Gasteiger partial charge on any atom is -0.493 e. The number of nitrogens with zero attached hydrogens (tertiary/aromatic N) is 2. The van der Waals surface area contributed by atoms with Crippen LogP contribution in [0.2, 0.25) is 0 Å². The number of nitro groups is 1. The highest BCUT2D eigenvalue weighted by Crippen LogP contribution is 2.42. The summed E-state index contributed by atoms with van der Waals surface area (Å²) in [6.07, 6.45) is 6.98. The number of halogens is 2. The molecule has 1 aliphatic carbocycles. The summed E-state index contributed by atoms with van der Waals surface area (Å²) in [5.74, 6) is -0.0734. The standard InChI is InChI=1S/C20H22Cl2N2O5/c1-28-18-7-6-16(17(25)8-9-23-11-13(21)10-14(22)12-23)19(24(26)27)20(18)29-15-4-2-3-5-15/h6-7,10-11,15H,2-5,8-9,12H2,1H3. The molecule has 0 atom stereocenters. The highest BCUT2D eigenvalue weighted by atomic mass is 35.5. The van der Waals surface area contributed by atoms with E-state index in [0.717, 1.165) is 25.7 Å². The largest absolute Gasteiger partial charge is 0.493 e. The van der Waals surface area contributed by atoms with Crippen LogP contribution in [-0.4, -0.2) is 41.9 Å². The summed E-state index contributed by atoms with van der Waals surface area (Å²) in [7, 11) is 1.42. The van der Waals surface area contributed by atoms with Crippen molar-refractivity contribution in [2.45, 2.75) is 38.2 Å². The molecule has 0 N–H and O–H groups in total. The van der Waals surface area contributed by atoms with Gasteiger partial charge in [-0.1, -0.05) is 23.2 Å². The molecule has 9 heteroatoms. The van der Waals surface area contributed by atoms with Gasteiger partial charge in [-0.2, -0.15) is 0 Å². The Morgan fingerprint density at radius 1 is 1.31 bits per heavy atom. The third-order valence-corrected chi connectivity index (χ3v) is 5.40. The Labute approximate surface area is 179 Å². The van der Waals surface area contributed by atoms with Gasteiger partial charge >= 0.3 is 5.69 Å². The van der Waals surface area contributed by atoms with Crippen LogP contribution in [0.4, 0.5) is 5.69 Å². The summed E-state index contributed by atoms with van der Waals surface area (Å²) in [5, 5.41) is 12.9. The molecule has 1 heterocycles. The highest BCUT2D eigenvalue weighted by molar-refractivity contribution is 6.35. The third kappa shape index (κ3) is 5.22. The van der Waals surface area contributed by atoms with E-state index in [2.05, 4.69) is 0 Å². The zero-order valence-electron chi connectivity index (χ0n) is 16.0. The van der Waals surface area contributed by atoms with Gasteiger partial charge in [0.2, 0.25) is 5.75 Å². The normalized spacial score (nSPS) is 17.0. The Kier molecular flexibility index (Phi) is 7.03. The number of carbonyl (C=O) groups excluding carboxylic acids is 1. The van der Waals surface area contributed by atoms with Crippen molar-refractivity contribution in [3.63, 3.8) is 0 Å². The molecule has 1 fully saturated rings. The van der Waals surface area contributed by atoms with Crippen molar-refractivity contribution >= 4 is 34.7 Å². The van der Waals surface area contributed by atoms with Crippen molar-refractivity contribution in [2.75, 3.05) is 20.2 Å². The fourth-order valence-electron chi connectivity index (χ4n) is 3.58. The molecule has 1 aromatic rings. The zero-order chi connectivity index (χ0) is 21.0. The number of nitro benzene ring substituents is 1. The lowest BCUT2D eigenvalue weighted by atomic mass is 10.0. The second-order valence-electron chi connectivity index (χ2n) is 7.02. The first-order chi connectivity index (χ1) is 13.9. The van der Waals surface area contributed by atoms with Crippen LogP contribution in [0.25, 0.3) is 0 Å². The van der Waals surface area contributed by atoms with Crippen LogP contribution < -0.4 is 9.47 Å². The van der Waals surface area contributed by atoms with Gasteiger partial charge in [-0.05, 0) is 43.9 Å². The van der Waals surface area contributed by atoms with Crippen LogP contribution in [0.15, 0.2) is 34.5 Å².